The summed E-state index contributed by atoms with van der Waals surface area (Å²) in [5, 5.41) is 36.2. The lowest BCUT2D eigenvalue weighted by atomic mass is 10.1. The first kappa shape index (κ1) is 19.3. The van der Waals surface area contributed by atoms with Crippen molar-refractivity contribution in [3.8, 4) is 0 Å². The van der Waals surface area contributed by atoms with Crippen molar-refractivity contribution in [1.82, 2.24) is 0 Å². The van der Waals surface area contributed by atoms with E-state index in [4.69, 9.17) is 20.4 Å². The quantitative estimate of drug-likeness (QED) is 0.515. The SMILES string of the molecule is O=C(O)c1cc(SSc2cc(C(=O)O)cc(C(=O)O)c2)cc(C(=O)O)c1. The van der Waals surface area contributed by atoms with Crippen LogP contribution in [0.15, 0.2) is 46.2 Å². The van der Waals surface area contributed by atoms with Gasteiger partial charge in [-0.3, -0.25) is 0 Å². The van der Waals surface area contributed by atoms with Gasteiger partial charge in [-0.15, -0.1) is 0 Å². The fourth-order valence-corrected chi connectivity index (χ4v) is 3.93. The van der Waals surface area contributed by atoms with Crippen LogP contribution in [0.5, 0.6) is 0 Å². The summed E-state index contributed by atoms with van der Waals surface area (Å²) < 4.78 is 0. The van der Waals surface area contributed by atoms with E-state index in [0.29, 0.717) is 9.79 Å². The van der Waals surface area contributed by atoms with Gasteiger partial charge in [-0.1, -0.05) is 21.6 Å². The second kappa shape index (κ2) is 7.93. The smallest absolute Gasteiger partial charge is 0.335 e. The lowest BCUT2D eigenvalue weighted by molar-refractivity contribution is 0.0675. The molecule has 2 aromatic rings. The molecule has 10 heteroatoms. The fraction of sp³-hybridized carbons (Fsp3) is 0. The van der Waals surface area contributed by atoms with Gasteiger partial charge in [-0.25, -0.2) is 19.2 Å². The van der Waals surface area contributed by atoms with Crippen molar-refractivity contribution in [2.24, 2.45) is 0 Å². The average molecular weight is 394 g/mol. The van der Waals surface area contributed by atoms with E-state index in [-0.39, 0.29) is 22.3 Å². The van der Waals surface area contributed by atoms with Crippen molar-refractivity contribution in [2.45, 2.75) is 9.79 Å². The van der Waals surface area contributed by atoms with Crippen molar-refractivity contribution >= 4 is 45.5 Å². The van der Waals surface area contributed by atoms with E-state index in [1.807, 2.05) is 0 Å². The van der Waals surface area contributed by atoms with Gasteiger partial charge in [-0.2, -0.15) is 0 Å². The molecule has 0 aromatic heterocycles. The Hall–Kier alpha value is -2.98. The minimum atomic E-state index is -1.29. The summed E-state index contributed by atoms with van der Waals surface area (Å²) in [7, 11) is 1.96. The van der Waals surface area contributed by atoms with Crippen molar-refractivity contribution in [1.29, 1.82) is 0 Å². The number of carbonyl (C=O) groups is 4. The third-order valence-electron chi connectivity index (χ3n) is 3.03. The Morgan fingerprint density at radius 2 is 0.731 bits per heavy atom. The molecule has 0 bridgehead atoms. The van der Waals surface area contributed by atoms with Crippen LogP contribution in [0.4, 0.5) is 0 Å². The molecule has 0 aliphatic rings. The molecular formula is C16H10O8S2. The number of hydrogen-bond acceptors (Lipinski definition) is 6. The van der Waals surface area contributed by atoms with Crippen LogP contribution in [0, 0.1) is 0 Å². The van der Waals surface area contributed by atoms with Gasteiger partial charge in [0, 0.05) is 9.79 Å². The maximum atomic E-state index is 11.1. The molecular weight excluding hydrogens is 384 g/mol. The normalized spacial score (nSPS) is 10.3. The number of carboxylic acid groups (broad SMARTS) is 4. The van der Waals surface area contributed by atoms with Crippen LogP contribution >= 0.6 is 21.6 Å². The summed E-state index contributed by atoms with van der Waals surface area (Å²) in [4.78, 5) is 45.0. The molecule has 2 aromatic carbocycles. The van der Waals surface area contributed by atoms with Crippen LogP contribution < -0.4 is 0 Å². The highest BCUT2D eigenvalue weighted by atomic mass is 33.1. The standard InChI is InChI=1S/C16H10O8S2/c17-13(18)7-1-8(14(19)20)4-11(3-7)25-26-12-5-9(15(21)22)2-10(6-12)16(23)24/h1-6H,(H,17,18)(H,19,20)(H,21,22)(H,23,24). The molecule has 0 saturated carbocycles. The van der Waals surface area contributed by atoms with Crippen LogP contribution in [0.3, 0.4) is 0 Å². The summed E-state index contributed by atoms with van der Waals surface area (Å²) in [5.41, 5.74) is -0.839. The Morgan fingerprint density at radius 1 is 0.500 bits per heavy atom. The van der Waals surface area contributed by atoms with E-state index in [1.165, 1.54) is 24.3 Å². The summed E-state index contributed by atoms with van der Waals surface area (Å²) in [6.45, 7) is 0. The lowest BCUT2D eigenvalue weighted by Crippen LogP contribution is -2.03. The molecule has 0 aliphatic heterocycles. The van der Waals surface area contributed by atoms with Crippen molar-refractivity contribution in [3.63, 3.8) is 0 Å². The second-order valence-corrected chi connectivity index (χ2v) is 7.16. The van der Waals surface area contributed by atoms with Gasteiger partial charge in [-0.05, 0) is 36.4 Å². The molecule has 0 atom stereocenters. The summed E-state index contributed by atoms with van der Waals surface area (Å²) in [6.07, 6.45) is 0. The molecule has 8 nitrogen and oxygen atoms in total. The van der Waals surface area contributed by atoms with Gasteiger partial charge in [0.15, 0.2) is 0 Å². The zero-order valence-corrected chi connectivity index (χ0v) is 14.3. The summed E-state index contributed by atoms with van der Waals surface area (Å²) >= 11 is 0. The second-order valence-electron chi connectivity index (χ2n) is 4.88. The minimum Gasteiger partial charge on any atom is -0.478 e. The molecule has 0 heterocycles. The van der Waals surface area contributed by atoms with Gasteiger partial charge >= 0.3 is 23.9 Å². The highest BCUT2D eigenvalue weighted by molar-refractivity contribution is 8.76. The van der Waals surface area contributed by atoms with Gasteiger partial charge < -0.3 is 20.4 Å². The van der Waals surface area contributed by atoms with Crippen LogP contribution in [0.2, 0.25) is 0 Å². The van der Waals surface area contributed by atoms with Crippen molar-refractivity contribution < 1.29 is 39.6 Å². The van der Waals surface area contributed by atoms with E-state index in [9.17, 15) is 19.2 Å². The molecule has 2 rings (SSSR count). The zero-order valence-electron chi connectivity index (χ0n) is 12.7. The van der Waals surface area contributed by atoms with Crippen molar-refractivity contribution in [2.75, 3.05) is 0 Å². The van der Waals surface area contributed by atoms with Crippen LogP contribution in [-0.4, -0.2) is 44.3 Å². The van der Waals surface area contributed by atoms with Crippen LogP contribution in [0.25, 0.3) is 0 Å². The molecule has 4 N–H and O–H groups in total. The van der Waals surface area contributed by atoms with E-state index in [0.717, 1.165) is 33.7 Å². The molecule has 0 radical (unpaired) electrons. The zero-order chi connectivity index (χ0) is 19.4. The number of benzene rings is 2. The number of aromatic carboxylic acids is 4. The lowest BCUT2D eigenvalue weighted by Gasteiger charge is -2.07. The van der Waals surface area contributed by atoms with Gasteiger partial charge in [0.2, 0.25) is 0 Å². The predicted octanol–water partition coefficient (Wildman–Crippen LogP) is 3.28. The topological polar surface area (TPSA) is 149 Å². The maximum Gasteiger partial charge on any atom is 0.335 e. The van der Waals surface area contributed by atoms with Crippen LogP contribution in [0.1, 0.15) is 41.4 Å². The summed E-state index contributed by atoms with van der Waals surface area (Å²) in [6, 6.07) is 7.12. The third-order valence-corrected chi connectivity index (χ3v) is 5.38. The van der Waals surface area contributed by atoms with E-state index >= 15 is 0 Å². The molecule has 0 spiro atoms. The first-order valence-corrected chi connectivity index (χ1v) is 8.90. The van der Waals surface area contributed by atoms with Gasteiger partial charge in [0.1, 0.15) is 0 Å². The molecule has 26 heavy (non-hydrogen) atoms. The van der Waals surface area contributed by atoms with E-state index in [2.05, 4.69) is 0 Å². The monoisotopic (exact) mass is 394 g/mol. The van der Waals surface area contributed by atoms with E-state index in [1.54, 1.807) is 0 Å². The van der Waals surface area contributed by atoms with Gasteiger partial charge in [0.25, 0.3) is 0 Å². The molecule has 134 valence electrons. The predicted molar refractivity (Wildman–Crippen MR) is 92.4 cm³/mol. The molecule has 0 saturated heterocycles. The Balaban J connectivity index is 2.33. The highest BCUT2D eigenvalue weighted by Gasteiger charge is 2.14. The molecule has 0 amide bonds. The Labute approximate surface area is 153 Å². The first-order chi connectivity index (χ1) is 12.2. The summed E-state index contributed by atoms with van der Waals surface area (Å²) in [5.74, 6) is -5.16. The highest BCUT2D eigenvalue weighted by Crippen LogP contribution is 2.39. The van der Waals surface area contributed by atoms with Gasteiger partial charge in [0.05, 0.1) is 22.3 Å². The van der Waals surface area contributed by atoms with Crippen molar-refractivity contribution in [3.05, 3.63) is 58.7 Å². The minimum absolute atomic E-state index is 0.210. The Morgan fingerprint density at radius 3 is 0.923 bits per heavy atom. The van der Waals surface area contributed by atoms with Crippen LogP contribution in [-0.2, 0) is 0 Å². The molecule has 0 fully saturated rings. The molecule has 0 aliphatic carbocycles. The van der Waals surface area contributed by atoms with E-state index < -0.39 is 23.9 Å². The average Bonchev–Trinajstić information content (AvgIpc) is 2.59. The Kier molecular flexibility index (Phi) is 5.90. The Bertz CT molecular complexity index is 782. The molecule has 0 unspecified atom stereocenters. The third kappa shape index (κ3) is 4.77. The number of carboxylic acids is 4. The first-order valence-electron chi connectivity index (χ1n) is 6.75. The number of rotatable bonds is 7. The largest absolute Gasteiger partial charge is 0.478 e. The number of hydrogen-bond donors (Lipinski definition) is 4. The maximum absolute atomic E-state index is 11.1. The fourth-order valence-electron chi connectivity index (χ4n) is 1.88.